The number of hydrogen-bond acceptors (Lipinski definition) is 2. The van der Waals surface area contributed by atoms with Gasteiger partial charge in [0, 0.05) is 5.92 Å². The van der Waals surface area contributed by atoms with Crippen LogP contribution in [0.1, 0.15) is 10.4 Å². The highest BCUT2D eigenvalue weighted by Gasteiger charge is 2.39. The lowest BCUT2D eigenvalue weighted by Crippen LogP contribution is -2.11. The minimum absolute atomic E-state index is 0.197. The zero-order chi connectivity index (χ0) is 13.1. The monoisotopic (exact) mass is 242 g/mol. The quantitative estimate of drug-likeness (QED) is 0.829. The van der Waals surface area contributed by atoms with Crippen LogP contribution < -0.4 is 0 Å². The lowest BCUT2D eigenvalue weighted by Gasteiger charge is -1.98. The zero-order valence-corrected chi connectivity index (χ0v) is 9.33. The third kappa shape index (κ3) is 2.66. The van der Waals surface area contributed by atoms with Crippen LogP contribution in [-0.2, 0) is 4.79 Å². The molecule has 0 saturated carbocycles. The smallest absolute Gasteiger partial charge is 0.335 e. The average Bonchev–Trinajstić information content (AvgIpc) is 3.01. The molecule has 90 valence electrons. The van der Waals surface area contributed by atoms with Gasteiger partial charge in [-0.3, -0.25) is 4.79 Å². The third-order valence-corrected chi connectivity index (χ3v) is 2.66. The molecule has 4 heteroatoms. The maximum absolute atomic E-state index is 10.3. The summed E-state index contributed by atoms with van der Waals surface area (Å²) in [7, 11) is 0. The number of benzene rings is 1. The van der Waals surface area contributed by atoms with E-state index >= 15 is 0 Å². The van der Waals surface area contributed by atoms with Gasteiger partial charge in [-0.2, -0.15) is 0 Å². The Bertz CT molecular complexity index is 528. The number of hydrogen-bond donors (Lipinski definition) is 2. The molecular formula is C14H10O4. The summed E-state index contributed by atoms with van der Waals surface area (Å²) in [6.07, 6.45) is 6.44. The second-order valence-electron chi connectivity index (χ2n) is 3.92. The van der Waals surface area contributed by atoms with Crippen molar-refractivity contribution in [2.75, 3.05) is 0 Å². The maximum atomic E-state index is 10.3. The molecule has 0 saturated heterocycles. The van der Waals surface area contributed by atoms with E-state index in [1.165, 1.54) is 12.1 Å². The van der Waals surface area contributed by atoms with Crippen LogP contribution in [0.25, 0.3) is 0 Å². The second-order valence-corrected chi connectivity index (χ2v) is 3.92. The van der Waals surface area contributed by atoms with Crippen LogP contribution in [0.4, 0.5) is 0 Å². The summed E-state index contributed by atoms with van der Waals surface area (Å²) in [5.41, 5.74) is 1.35. The van der Waals surface area contributed by atoms with Gasteiger partial charge < -0.3 is 10.2 Å². The Morgan fingerprint density at radius 1 is 1.28 bits per heavy atom. The molecule has 0 amide bonds. The van der Waals surface area contributed by atoms with Crippen molar-refractivity contribution >= 4 is 11.9 Å². The largest absolute Gasteiger partial charge is 0.481 e. The van der Waals surface area contributed by atoms with Crippen molar-refractivity contribution in [2.24, 2.45) is 11.8 Å². The summed E-state index contributed by atoms with van der Waals surface area (Å²) in [6.45, 7) is 0. The molecule has 0 heterocycles. The van der Waals surface area contributed by atoms with Gasteiger partial charge in [0.2, 0.25) is 0 Å². The van der Waals surface area contributed by atoms with Crippen LogP contribution in [0, 0.1) is 24.0 Å². The Morgan fingerprint density at radius 3 is 2.33 bits per heavy atom. The first kappa shape index (κ1) is 12.1. The minimum atomic E-state index is -0.910. The molecule has 2 aliphatic carbocycles. The van der Waals surface area contributed by atoms with E-state index < -0.39 is 11.9 Å². The van der Waals surface area contributed by atoms with E-state index in [1.807, 2.05) is 6.08 Å². The summed E-state index contributed by atoms with van der Waals surface area (Å²) in [6, 6.07) is 8.92. The van der Waals surface area contributed by atoms with E-state index in [0.29, 0.717) is 0 Å². The highest BCUT2D eigenvalue weighted by atomic mass is 16.4. The number of aromatic carboxylic acids is 1. The topological polar surface area (TPSA) is 74.6 Å². The normalized spacial score (nSPS) is 22.3. The minimum Gasteiger partial charge on any atom is -0.481 e. The van der Waals surface area contributed by atoms with Crippen molar-refractivity contribution in [3.05, 3.63) is 59.7 Å². The van der Waals surface area contributed by atoms with Gasteiger partial charge >= 0.3 is 11.9 Å². The van der Waals surface area contributed by atoms with E-state index in [1.54, 1.807) is 18.2 Å². The third-order valence-electron chi connectivity index (χ3n) is 2.66. The lowest BCUT2D eigenvalue weighted by molar-refractivity contribution is -0.140. The highest BCUT2D eigenvalue weighted by molar-refractivity contribution is 5.87. The summed E-state index contributed by atoms with van der Waals surface area (Å²) in [5.74, 6) is -1.76. The average molecular weight is 242 g/mol. The van der Waals surface area contributed by atoms with Crippen molar-refractivity contribution in [3.63, 3.8) is 0 Å². The van der Waals surface area contributed by atoms with E-state index in [2.05, 4.69) is 12.1 Å². The Labute approximate surface area is 104 Å². The first-order valence-corrected chi connectivity index (χ1v) is 5.33. The number of carbonyl (C=O) groups is 2. The number of fused-ring (bicyclic) bond motifs is 1. The summed E-state index contributed by atoms with van der Waals surface area (Å²) in [5, 5.41) is 16.9. The van der Waals surface area contributed by atoms with Crippen molar-refractivity contribution < 1.29 is 19.8 Å². The van der Waals surface area contributed by atoms with Crippen LogP contribution >= 0.6 is 0 Å². The SMILES string of the molecule is O=C(O)C1C=[C]C2=C[C@H]21.O=C(O)c1c[c]ccc1. The molecule has 3 rings (SSSR count). The Balaban J connectivity index is 0.000000134. The first-order chi connectivity index (χ1) is 8.59. The standard InChI is InChI=1S/2C7H5O2/c8-7(9)5-2-1-4-3-6(4)5;8-7(9)6-4-2-1-3-5-6/h2-3,5-6H,(H,8,9);1-2,4-5H,(H,8,9)/t5?,6-;/m1./s1. The van der Waals surface area contributed by atoms with Crippen LogP contribution in [0.5, 0.6) is 0 Å². The van der Waals surface area contributed by atoms with Gasteiger partial charge in [-0.15, -0.1) is 0 Å². The van der Waals surface area contributed by atoms with Gasteiger partial charge in [-0.05, 0) is 29.8 Å². The van der Waals surface area contributed by atoms with E-state index in [9.17, 15) is 9.59 Å². The molecule has 0 aromatic heterocycles. The molecule has 18 heavy (non-hydrogen) atoms. The first-order valence-electron chi connectivity index (χ1n) is 5.33. The van der Waals surface area contributed by atoms with Crippen LogP contribution in [0.15, 0.2) is 42.0 Å². The Morgan fingerprint density at radius 2 is 2.06 bits per heavy atom. The van der Waals surface area contributed by atoms with Gasteiger partial charge in [0.25, 0.3) is 0 Å². The molecule has 0 spiro atoms. The van der Waals surface area contributed by atoms with E-state index in [0.717, 1.165) is 5.57 Å². The predicted molar refractivity (Wildman–Crippen MR) is 62.7 cm³/mol. The maximum Gasteiger partial charge on any atom is 0.335 e. The molecule has 2 N–H and O–H groups in total. The van der Waals surface area contributed by atoms with Crippen molar-refractivity contribution in [3.8, 4) is 0 Å². The Kier molecular flexibility index (Phi) is 3.28. The van der Waals surface area contributed by atoms with Gasteiger partial charge in [-0.1, -0.05) is 24.3 Å². The molecule has 0 fully saturated rings. The van der Waals surface area contributed by atoms with E-state index in [-0.39, 0.29) is 17.4 Å². The van der Waals surface area contributed by atoms with Crippen molar-refractivity contribution in [1.82, 2.24) is 0 Å². The number of aliphatic carboxylic acids is 1. The molecule has 2 radical (unpaired) electrons. The van der Waals surface area contributed by atoms with Crippen LogP contribution in [0.2, 0.25) is 0 Å². The molecule has 4 nitrogen and oxygen atoms in total. The molecule has 0 bridgehead atoms. The Hall–Kier alpha value is -2.36. The summed E-state index contributed by atoms with van der Waals surface area (Å²) in [4.78, 5) is 20.5. The van der Waals surface area contributed by atoms with Crippen LogP contribution in [0.3, 0.4) is 0 Å². The predicted octanol–water partition coefficient (Wildman–Crippen LogP) is 1.80. The van der Waals surface area contributed by atoms with Gasteiger partial charge in [0.1, 0.15) is 0 Å². The molecular weight excluding hydrogens is 232 g/mol. The molecule has 2 aliphatic rings. The van der Waals surface area contributed by atoms with Crippen molar-refractivity contribution in [2.45, 2.75) is 0 Å². The van der Waals surface area contributed by atoms with Crippen molar-refractivity contribution in [1.29, 1.82) is 0 Å². The summed E-state index contributed by atoms with van der Waals surface area (Å²) >= 11 is 0. The highest BCUT2D eigenvalue weighted by Crippen LogP contribution is 2.42. The lowest BCUT2D eigenvalue weighted by atomic mass is 10.1. The fourth-order valence-corrected chi connectivity index (χ4v) is 1.63. The van der Waals surface area contributed by atoms with Gasteiger partial charge in [-0.25, -0.2) is 4.79 Å². The fraction of sp³-hybridized carbons (Fsp3) is 0.143. The molecule has 1 aromatic carbocycles. The molecule has 2 atom stereocenters. The van der Waals surface area contributed by atoms with E-state index in [4.69, 9.17) is 10.2 Å². The molecule has 1 aromatic rings. The number of carboxylic acids is 2. The summed E-state index contributed by atoms with van der Waals surface area (Å²) < 4.78 is 0. The fourth-order valence-electron chi connectivity index (χ4n) is 1.63. The van der Waals surface area contributed by atoms with Gasteiger partial charge in [0.05, 0.1) is 11.5 Å². The molecule has 0 aliphatic heterocycles. The number of carboxylic acid groups (broad SMARTS) is 2. The second kappa shape index (κ2) is 4.87. The number of allylic oxidation sites excluding steroid dienone is 3. The van der Waals surface area contributed by atoms with Gasteiger partial charge in [0.15, 0.2) is 0 Å². The zero-order valence-electron chi connectivity index (χ0n) is 9.33. The molecule has 1 unspecified atom stereocenters. The van der Waals surface area contributed by atoms with Crippen LogP contribution in [-0.4, -0.2) is 22.2 Å². The number of rotatable bonds is 2.